The quantitative estimate of drug-likeness (QED) is 0.579. The molecule has 1 unspecified atom stereocenters. The van der Waals surface area contributed by atoms with Gasteiger partial charge in [-0.1, -0.05) is 24.3 Å². The lowest BCUT2D eigenvalue weighted by atomic mass is 10.1. The van der Waals surface area contributed by atoms with Gasteiger partial charge in [0.2, 0.25) is 0 Å². The molecule has 5 amide bonds. The monoisotopic (exact) mass is 421 g/mol. The molecule has 1 N–H and O–H groups in total. The normalized spacial score (nSPS) is 16.2. The molecule has 0 bridgehead atoms. The summed E-state index contributed by atoms with van der Waals surface area (Å²) in [4.78, 5) is 63.3. The lowest BCUT2D eigenvalue weighted by Crippen LogP contribution is -2.41. The maximum absolute atomic E-state index is 12.5. The molecule has 2 aromatic carbocycles. The number of hydrogen-bond donors (Lipinski definition) is 1. The van der Waals surface area contributed by atoms with Crippen LogP contribution in [0.3, 0.4) is 0 Å². The summed E-state index contributed by atoms with van der Waals surface area (Å²) >= 11 is 0. The number of esters is 1. The number of nitrogens with one attached hydrogen (secondary N) is 1. The number of ether oxygens (including phenoxy) is 1. The fourth-order valence-electron chi connectivity index (χ4n) is 3.49. The molecule has 0 radical (unpaired) electrons. The van der Waals surface area contributed by atoms with Crippen molar-refractivity contribution in [2.24, 2.45) is 0 Å². The first-order valence-corrected chi connectivity index (χ1v) is 9.71. The molecule has 2 heterocycles. The molecule has 1 fully saturated rings. The summed E-state index contributed by atoms with van der Waals surface area (Å²) in [5.74, 6) is -2.02. The van der Waals surface area contributed by atoms with E-state index in [0.717, 1.165) is 9.80 Å². The maximum atomic E-state index is 12.5. The van der Waals surface area contributed by atoms with Crippen molar-refractivity contribution in [1.82, 2.24) is 15.1 Å². The van der Waals surface area contributed by atoms with E-state index in [0.29, 0.717) is 23.2 Å². The van der Waals surface area contributed by atoms with Gasteiger partial charge in [-0.2, -0.15) is 0 Å². The van der Waals surface area contributed by atoms with Crippen molar-refractivity contribution >= 4 is 29.7 Å². The van der Waals surface area contributed by atoms with E-state index < -0.39 is 24.0 Å². The number of carbonyl (C=O) groups excluding carboxylic acids is 5. The van der Waals surface area contributed by atoms with Gasteiger partial charge >= 0.3 is 12.0 Å². The number of carbonyl (C=O) groups is 5. The zero-order valence-electron chi connectivity index (χ0n) is 16.7. The number of imide groups is 2. The van der Waals surface area contributed by atoms with Gasteiger partial charge in [-0.15, -0.1) is 0 Å². The summed E-state index contributed by atoms with van der Waals surface area (Å²) < 4.78 is 5.18. The minimum Gasteiger partial charge on any atom is -0.449 e. The summed E-state index contributed by atoms with van der Waals surface area (Å²) in [6.07, 6.45) is -1.12. The first-order valence-electron chi connectivity index (χ1n) is 9.71. The van der Waals surface area contributed by atoms with Gasteiger partial charge in [0, 0.05) is 13.1 Å². The van der Waals surface area contributed by atoms with Crippen LogP contribution in [0.5, 0.6) is 0 Å². The average molecular weight is 421 g/mol. The molecule has 31 heavy (non-hydrogen) atoms. The Balaban J connectivity index is 1.39. The highest BCUT2D eigenvalue weighted by Gasteiger charge is 2.35. The van der Waals surface area contributed by atoms with Crippen molar-refractivity contribution < 1.29 is 28.7 Å². The van der Waals surface area contributed by atoms with Crippen LogP contribution in [0.1, 0.15) is 43.6 Å². The minimum absolute atomic E-state index is 0.0701. The second kappa shape index (κ2) is 8.02. The third-order valence-corrected chi connectivity index (χ3v) is 5.16. The van der Waals surface area contributed by atoms with Crippen molar-refractivity contribution in [1.29, 1.82) is 0 Å². The predicted molar refractivity (Wildman–Crippen MR) is 107 cm³/mol. The van der Waals surface area contributed by atoms with Gasteiger partial charge in [-0.05, 0) is 36.8 Å². The predicted octanol–water partition coefficient (Wildman–Crippen LogP) is 1.58. The van der Waals surface area contributed by atoms with Crippen LogP contribution in [0.2, 0.25) is 0 Å². The number of hydrogen-bond acceptors (Lipinski definition) is 6. The van der Waals surface area contributed by atoms with Gasteiger partial charge in [0.15, 0.2) is 6.10 Å². The van der Waals surface area contributed by atoms with Gasteiger partial charge in [0.1, 0.15) is 0 Å². The molecule has 2 aromatic rings. The largest absolute Gasteiger partial charge is 0.449 e. The number of fused-ring (bicyclic) bond motifs is 1. The Morgan fingerprint density at radius 1 is 1.00 bits per heavy atom. The van der Waals surface area contributed by atoms with E-state index in [1.165, 1.54) is 19.1 Å². The third-order valence-electron chi connectivity index (χ3n) is 5.16. The van der Waals surface area contributed by atoms with Gasteiger partial charge in [-0.3, -0.25) is 24.2 Å². The second-order valence-corrected chi connectivity index (χ2v) is 7.21. The fourth-order valence-corrected chi connectivity index (χ4v) is 3.49. The Morgan fingerprint density at radius 3 is 2.16 bits per heavy atom. The van der Waals surface area contributed by atoms with Crippen LogP contribution in [-0.2, 0) is 16.1 Å². The number of rotatable bonds is 5. The summed E-state index contributed by atoms with van der Waals surface area (Å²) in [6.45, 7) is 2.06. The summed E-state index contributed by atoms with van der Waals surface area (Å²) in [6, 6.07) is 12.3. The molecular weight excluding hydrogens is 402 g/mol. The van der Waals surface area contributed by atoms with Gasteiger partial charge in [0.25, 0.3) is 17.7 Å². The number of urea groups is 1. The molecule has 0 aromatic heterocycles. The average Bonchev–Trinajstić information content (AvgIpc) is 3.30. The van der Waals surface area contributed by atoms with Crippen molar-refractivity contribution in [3.8, 4) is 0 Å². The number of nitrogens with zero attached hydrogens (tertiary/aromatic N) is 2. The molecule has 0 spiro atoms. The van der Waals surface area contributed by atoms with Crippen LogP contribution in [-0.4, -0.2) is 58.7 Å². The van der Waals surface area contributed by atoms with Crippen LogP contribution in [0.25, 0.3) is 0 Å². The molecule has 4 rings (SSSR count). The number of benzene rings is 2. The molecule has 9 nitrogen and oxygen atoms in total. The van der Waals surface area contributed by atoms with Crippen LogP contribution in [0.4, 0.5) is 4.79 Å². The van der Waals surface area contributed by atoms with Crippen molar-refractivity contribution in [3.05, 3.63) is 70.8 Å². The molecule has 1 saturated heterocycles. The van der Waals surface area contributed by atoms with E-state index in [1.54, 1.807) is 36.4 Å². The lowest BCUT2D eigenvalue weighted by Gasteiger charge is -2.18. The first kappa shape index (κ1) is 20.3. The SMILES string of the molecule is CC(OC(=O)c1ccc(CN2C(=O)c3ccccc3C2=O)cc1)C(=O)N1CCNC1=O. The van der Waals surface area contributed by atoms with Crippen molar-refractivity contribution in [2.75, 3.05) is 13.1 Å². The van der Waals surface area contributed by atoms with Crippen LogP contribution in [0, 0.1) is 0 Å². The van der Waals surface area contributed by atoms with Crippen LogP contribution < -0.4 is 5.32 Å². The summed E-state index contributed by atoms with van der Waals surface area (Å²) in [5, 5.41) is 2.51. The highest BCUT2D eigenvalue weighted by molar-refractivity contribution is 6.21. The van der Waals surface area contributed by atoms with E-state index >= 15 is 0 Å². The smallest absolute Gasteiger partial charge is 0.338 e. The van der Waals surface area contributed by atoms with Crippen LogP contribution in [0.15, 0.2) is 48.5 Å². The molecule has 0 saturated carbocycles. The maximum Gasteiger partial charge on any atom is 0.338 e. The lowest BCUT2D eigenvalue weighted by molar-refractivity contribution is -0.136. The highest BCUT2D eigenvalue weighted by atomic mass is 16.5. The molecule has 2 aliphatic rings. The highest BCUT2D eigenvalue weighted by Crippen LogP contribution is 2.24. The van der Waals surface area contributed by atoms with Gasteiger partial charge in [0.05, 0.1) is 23.2 Å². The van der Waals surface area contributed by atoms with E-state index in [-0.39, 0.29) is 30.5 Å². The molecule has 158 valence electrons. The first-order chi connectivity index (χ1) is 14.9. The van der Waals surface area contributed by atoms with Crippen LogP contribution >= 0.6 is 0 Å². The summed E-state index contributed by atoms with van der Waals surface area (Å²) in [5.41, 5.74) is 1.61. The molecule has 1 atom stereocenters. The standard InChI is InChI=1S/C22H19N3O6/c1-13(18(26)24-11-10-23-22(24)30)31-21(29)15-8-6-14(7-9-15)12-25-19(27)16-4-2-3-5-17(16)20(25)28/h2-9,13H,10-12H2,1H3,(H,23,30). The Kier molecular flexibility index (Phi) is 5.24. The molecule has 0 aliphatic carbocycles. The Bertz CT molecular complexity index is 1060. The minimum atomic E-state index is -1.12. The molecule has 2 aliphatic heterocycles. The molecular formula is C22H19N3O6. The van der Waals surface area contributed by atoms with Gasteiger partial charge in [-0.25, -0.2) is 9.59 Å². The zero-order chi connectivity index (χ0) is 22.1. The Hall–Kier alpha value is -4.01. The van der Waals surface area contributed by atoms with Crippen molar-refractivity contribution in [3.63, 3.8) is 0 Å². The van der Waals surface area contributed by atoms with Crippen molar-refractivity contribution in [2.45, 2.75) is 19.6 Å². The fraction of sp³-hybridized carbons (Fsp3) is 0.227. The number of amides is 5. The second-order valence-electron chi connectivity index (χ2n) is 7.21. The van der Waals surface area contributed by atoms with Gasteiger partial charge < -0.3 is 10.1 Å². The van der Waals surface area contributed by atoms with E-state index in [4.69, 9.17) is 4.74 Å². The zero-order valence-corrected chi connectivity index (χ0v) is 16.7. The van der Waals surface area contributed by atoms with E-state index in [9.17, 15) is 24.0 Å². The Labute approximate surface area is 177 Å². The van der Waals surface area contributed by atoms with E-state index in [2.05, 4.69) is 5.32 Å². The molecule has 9 heteroatoms. The third kappa shape index (κ3) is 3.77. The summed E-state index contributed by atoms with van der Waals surface area (Å²) in [7, 11) is 0. The van der Waals surface area contributed by atoms with E-state index in [1.807, 2.05) is 0 Å². The topological polar surface area (TPSA) is 113 Å². The Morgan fingerprint density at radius 2 is 1.61 bits per heavy atom.